The lowest BCUT2D eigenvalue weighted by molar-refractivity contribution is -0.895. The molecule has 152 valence electrons. The van der Waals surface area contributed by atoms with Crippen molar-refractivity contribution in [3.05, 3.63) is 29.8 Å². The molecule has 0 radical (unpaired) electrons. The first kappa shape index (κ1) is 20.3. The fourth-order valence-corrected chi connectivity index (χ4v) is 3.53. The lowest BCUT2D eigenvalue weighted by Gasteiger charge is -2.33. The van der Waals surface area contributed by atoms with Crippen LogP contribution in [0.2, 0.25) is 0 Å². The third-order valence-corrected chi connectivity index (χ3v) is 5.08. The van der Waals surface area contributed by atoms with Gasteiger partial charge in [0.15, 0.2) is 6.54 Å². The van der Waals surface area contributed by atoms with E-state index in [1.807, 2.05) is 4.90 Å². The SMILES string of the molecule is CCOC(=O)c1ccc(NC(=O)C[NH+]2CCN(C(=O)[C@H]3CCCO3)CC2)cc1. The molecule has 0 aliphatic carbocycles. The number of amides is 2. The number of carbonyl (C=O) groups is 3. The van der Waals surface area contributed by atoms with E-state index < -0.39 is 0 Å². The van der Waals surface area contributed by atoms with E-state index in [0.717, 1.165) is 30.8 Å². The Morgan fingerprint density at radius 3 is 2.54 bits per heavy atom. The van der Waals surface area contributed by atoms with Gasteiger partial charge in [-0.3, -0.25) is 9.59 Å². The molecule has 3 rings (SSSR count). The first-order valence-corrected chi connectivity index (χ1v) is 9.88. The number of anilines is 1. The summed E-state index contributed by atoms with van der Waals surface area (Å²) >= 11 is 0. The lowest BCUT2D eigenvalue weighted by atomic mass is 10.2. The van der Waals surface area contributed by atoms with Gasteiger partial charge in [-0.05, 0) is 44.0 Å². The molecule has 0 unspecified atom stereocenters. The summed E-state index contributed by atoms with van der Waals surface area (Å²) in [5, 5.41) is 2.85. The van der Waals surface area contributed by atoms with Crippen LogP contribution in [0.15, 0.2) is 24.3 Å². The van der Waals surface area contributed by atoms with Gasteiger partial charge in [0.25, 0.3) is 11.8 Å². The van der Waals surface area contributed by atoms with Crippen LogP contribution in [0.1, 0.15) is 30.1 Å². The van der Waals surface area contributed by atoms with E-state index in [0.29, 0.717) is 44.1 Å². The Morgan fingerprint density at radius 1 is 1.21 bits per heavy atom. The third kappa shape index (κ3) is 5.30. The maximum Gasteiger partial charge on any atom is 0.338 e. The van der Waals surface area contributed by atoms with Gasteiger partial charge in [-0.15, -0.1) is 0 Å². The van der Waals surface area contributed by atoms with Crippen LogP contribution in [-0.4, -0.2) is 74.7 Å². The molecule has 1 atom stereocenters. The van der Waals surface area contributed by atoms with Crippen molar-refractivity contribution >= 4 is 23.5 Å². The van der Waals surface area contributed by atoms with E-state index >= 15 is 0 Å². The second-order valence-electron chi connectivity index (χ2n) is 7.10. The molecule has 28 heavy (non-hydrogen) atoms. The Kier molecular flexibility index (Phi) is 7.00. The highest BCUT2D eigenvalue weighted by molar-refractivity contribution is 5.93. The first-order chi connectivity index (χ1) is 13.6. The van der Waals surface area contributed by atoms with Crippen LogP contribution in [0.25, 0.3) is 0 Å². The number of nitrogens with one attached hydrogen (secondary N) is 2. The van der Waals surface area contributed by atoms with E-state index in [1.165, 1.54) is 0 Å². The quantitative estimate of drug-likeness (QED) is 0.652. The summed E-state index contributed by atoms with van der Waals surface area (Å²) in [6, 6.07) is 6.65. The average Bonchev–Trinajstić information content (AvgIpc) is 3.23. The van der Waals surface area contributed by atoms with Crippen molar-refractivity contribution in [3.63, 3.8) is 0 Å². The Bertz CT molecular complexity index is 692. The molecule has 2 fully saturated rings. The van der Waals surface area contributed by atoms with Crippen molar-refractivity contribution in [2.45, 2.75) is 25.9 Å². The first-order valence-electron chi connectivity index (χ1n) is 9.88. The number of rotatable bonds is 6. The number of quaternary nitrogens is 1. The molecule has 2 aliphatic heterocycles. The van der Waals surface area contributed by atoms with E-state index in [9.17, 15) is 14.4 Å². The Balaban J connectivity index is 1.42. The second-order valence-corrected chi connectivity index (χ2v) is 7.10. The van der Waals surface area contributed by atoms with Crippen LogP contribution < -0.4 is 10.2 Å². The van der Waals surface area contributed by atoms with Gasteiger partial charge < -0.3 is 24.6 Å². The van der Waals surface area contributed by atoms with Gasteiger partial charge in [-0.2, -0.15) is 0 Å². The standard InChI is InChI=1S/C20H27N3O5/c1-2-27-20(26)15-5-7-16(8-6-15)21-18(24)14-22-9-11-23(12-10-22)19(25)17-4-3-13-28-17/h5-8,17H,2-4,9-14H2,1H3,(H,21,24)/p+1/t17-/m1/s1. The van der Waals surface area contributed by atoms with Gasteiger partial charge in [0.2, 0.25) is 0 Å². The number of benzene rings is 1. The second kappa shape index (κ2) is 9.66. The number of ether oxygens (including phenoxy) is 2. The van der Waals surface area contributed by atoms with E-state index in [-0.39, 0.29) is 23.9 Å². The van der Waals surface area contributed by atoms with Crippen LogP contribution in [0.3, 0.4) is 0 Å². The number of piperazine rings is 1. The largest absolute Gasteiger partial charge is 0.462 e. The van der Waals surface area contributed by atoms with Crippen LogP contribution >= 0.6 is 0 Å². The molecule has 8 nitrogen and oxygen atoms in total. The average molecular weight is 390 g/mol. The molecule has 1 aromatic rings. The predicted molar refractivity (Wildman–Crippen MR) is 102 cm³/mol. The number of hydrogen-bond donors (Lipinski definition) is 2. The summed E-state index contributed by atoms with van der Waals surface area (Å²) in [7, 11) is 0. The lowest BCUT2D eigenvalue weighted by Crippen LogP contribution is -3.15. The molecule has 2 N–H and O–H groups in total. The van der Waals surface area contributed by atoms with E-state index in [1.54, 1.807) is 31.2 Å². The summed E-state index contributed by atoms with van der Waals surface area (Å²) < 4.78 is 10.4. The zero-order valence-corrected chi connectivity index (χ0v) is 16.2. The van der Waals surface area contributed by atoms with Crippen molar-refractivity contribution in [3.8, 4) is 0 Å². The molecule has 0 spiro atoms. The molecule has 2 saturated heterocycles. The van der Waals surface area contributed by atoms with E-state index in [4.69, 9.17) is 9.47 Å². The van der Waals surface area contributed by atoms with Crippen molar-refractivity contribution in [2.75, 3.05) is 51.3 Å². The molecule has 8 heteroatoms. The Hall–Kier alpha value is -2.45. The summed E-state index contributed by atoms with van der Waals surface area (Å²) in [4.78, 5) is 39.3. The highest BCUT2D eigenvalue weighted by atomic mass is 16.5. The maximum absolute atomic E-state index is 12.4. The zero-order valence-electron chi connectivity index (χ0n) is 16.2. The highest BCUT2D eigenvalue weighted by Gasteiger charge is 2.32. The van der Waals surface area contributed by atoms with Crippen molar-refractivity contribution < 1.29 is 28.8 Å². The van der Waals surface area contributed by atoms with Gasteiger partial charge in [-0.1, -0.05) is 0 Å². The number of carbonyl (C=O) groups excluding carboxylic acids is 3. The van der Waals surface area contributed by atoms with E-state index in [2.05, 4.69) is 5.32 Å². The van der Waals surface area contributed by atoms with Gasteiger partial charge in [-0.25, -0.2) is 4.79 Å². The molecule has 0 saturated carbocycles. The minimum absolute atomic E-state index is 0.0854. The number of esters is 1. The normalized spacial score (nSPS) is 20.0. The number of nitrogens with zero attached hydrogens (tertiary/aromatic N) is 1. The van der Waals surface area contributed by atoms with Crippen molar-refractivity contribution in [2.24, 2.45) is 0 Å². The van der Waals surface area contributed by atoms with Gasteiger partial charge in [0.05, 0.1) is 38.3 Å². The zero-order chi connectivity index (χ0) is 19.9. The van der Waals surface area contributed by atoms with Gasteiger partial charge in [0.1, 0.15) is 6.10 Å². The molecule has 1 aromatic carbocycles. The summed E-state index contributed by atoms with van der Waals surface area (Å²) in [5.74, 6) is -0.374. The summed E-state index contributed by atoms with van der Waals surface area (Å²) in [6.07, 6.45) is 1.48. The molecular weight excluding hydrogens is 362 g/mol. The van der Waals surface area contributed by atoms with Gasteiger partial charge in [0, 0.05) is 12.3 Å². The molecule has 2 aliphatic rings. The van der Waals surface area contributed by atoms with Crippen LogP contribution in [0.4, 0.5) is 5.69 Å². The van der Waals surface area contributed by atoms with Crippen molar-refractivity contribution in [1.82, 2.24) is 4.90 Å². The smallest absolute Gasteiger partial charge is 0.338 e. The predicted octanol–water partition coefficient (Wildman–Crippen LogP) is -0.292. The maximum atomic E-state index is 12.4. The monoisotopic (exact) mass is 390 g/mol. The minimum Gasteiger partial charge on any atom is -0.462 e. The number of hydrogen-bond acceptors (Lipinski definition) is 5. The van der Waals surface area contributed by atoms with Crippen molar-refractivity contribution in [1.29, 1.82) is 0 Å². The van der Waals surface area contributed by atoms with Crippen LogP contribution in [0.5, 0.6) is 0 Å². The van der Waals surface area contributed by atoms with Gasteiger partial charge >= 0.3 is 5.97 Å². The molecular formula is C20H28N3O5+. The molecule has 2 heterocycles. The molecule has 2 amide bonds. The van der Waals surface area contributed by atoms with Crippen LogP contribution in [0, 0.1) is 0 Å². The third-order valence-electron chi connectivity index (χ3n) is 5.08. The van der Waals surface area contributed by atoms with Crippen LogP contribution in [-0.2, 0) is 19.1 Å². The fourth-order valence-electron chi connectivity index (χ4n) is 3.53. The Morgan fingerprint density at radius 2 is 1.93 bits per heavy atom. The summed E-state index contributed by atoms with van der Waals surface area (Å²) in [6.45, 7) is 5.89. The fraction of sp³-hybridized carbons (Fsp3) is 0.550. The summed E-state index contributed by atoms with van der Waals surface area (Å²) in [5.41, 5.74) is 1.10. The highest BCUT2D eigenvalue weighted by Crippen LogP contribution is 2.14. The topological polar surface area (TPSA) is 89.4 Å². The minimum atomic E-state index is -0.375. The molecule has 0 bridgehead atoms. The molecule has 0 aromatic heterocycles. The Labute approximate surface area is 164 Å².